The summed E-state index contributed by atoms with van der Waals surface area (Å²) in [5, 5.41) is 2.78. The average Bonchev–Trinajstić information content (AvgIpc) is 2.97. The molecule has 1 saturated heterocycles. The summed E-state index contributed by atoms with van der Waals surface area (Å²) in [6, 6.07) is 3.24. The number of carbonyl (C=O) groups excluding carboxylic acids is 1. The maximum absolute atomic E-state index is 13.1. The second-order valence-electron chi connectivity index (χ2n) is 6.58. The number of methoxy groups -OCH3 is 1. The van der Waals surface area contributed by atoms with Crippen LogP contribution in [0.15, 0.2) is 27.5 Å². The van der Waals surface area contributed by atoms with E-state index in [1.54, 1.807) is 19.2 Å². The predicted octanol–water partition coefficient (Wildman–Crippen LogP) is 3.03. The van der Waals surface area contributed by atoms with Gasteiger partial charge in [-0.15, -0.1) is 0 Å². The number of nitrogens with zero attached hydrogens (tertiary/aromatic N) is 2. The highest BCUT2D eigenvalue weighted by Gasteiger charge is 2.23. The van der Waals surface area contributed by atoms with E-state index in [0.717, 1.165) is 19.3 Å². The summed E-state index contributed by atoms with van der Waals surface area (Å²) < 4.78 is 24.0. The molecule has 0 atom stereocenters. The molecule has 1 aliphatic rings. The first kappa shape index (κ1) is 19.9. The fourth-order valence-electron chi connectivity index (χ4n) is 3.11. The number of aromatic nitrogens is 2. The van der Waals surface area contributed by atoms with E-state index in [1.165, 1.54) is 17.9 Å². The molecule has 0 aliphatic carbocycles. The summed E-state index contributed by atoms with van der Waals surface area (Å²) in [5.41, 5.74) is 0.698. The molecule has 146 valence electrons. The van der Waals surface area contributed by atoms with Gasteiger partial charge in [-0.2, -0.15) is 4.36 Å². The van der Waals surface area contributed by atoms with Gasteiger partial charge in [0.2, 0.25) is 5.78 Å². The summed E-state index contributed by atoms with van der Waals surface area (Å²) >= 11 is 6.52. The number of aryl methyl sites for hydroxylation is 1. The van der Waals surface area contributed by atoms with Crippen LogP contribution < -0.4 is 5.56 Å². The lowest BCUT2D eigenvalue weighted by molar-refractivity contribution is 0.103. The predicted molar refractivity (Wildman–Crippen MR) is 105 cm³/mol. The van der Waals surface area contributed by atoms with Crippen molar-refractivity contribution in [3.8, 4) is 0 Å². The van der Waals surface area contributed by atoms with Crippen molar-refractivity contribution in [3.05, 3.63) is 50.4 Å². The Kier molecular flexibility index (Phi) is 5.88. The second-order valence-corrected chi connectivity index (χ2v) is 9.50. The number of H-pyrrole nitrogens is 1. The Bertz CT molecular complexity index is 1040. The first-order chi connectivity index (χ1) is 12.9. The van der Waals surface area contributed by atoms with Crippen LogP contribution in [0.1, 0.15) is 40.7 Å². The zero-order valence-corrected chi connectivity index (χ0v) is 16.9. The van der Waals surface area contributed by atoms with Crippen molar-refractivity contribution in [2.75, 3.05) is 18.6 Å². The topological polar surface area (TPSA) is 93.5 Å². The Morgan fingerprint density at radius 3 is 2.59 bits per heavy atom. The molecule has 27 heavy (non-hydrogen) atoms. The van der Waals surface area contributed by atoms with Crippen LogP contribution in [0.5, 0.6) is 0 Å². The zero-order chi connectivity index (χ0) is 19.6. The molecule has 0 bridgehead atoms. The lowest BCUT2D eigenvalue weighted by Crippen LogP contribution is -2.19. The SMILES string of the molecule is COCc1ccc(C(=O)c2c[nH]n(C)c2=O)c(Cl)c1N=S1(=O)CCCCC1. The molecular formula is C18H22ClN3O4S. The van der Waals surface area contributed by atoms with Gasteiger partial charge in [0, 0.05) is 43.0 Å². The normalized spacial score (nSPS) is 16.3. The van der Waals surface area contributed by atoms with Gasteiger partial charge in [0.05, 0.1) is 27.0 Å². The van der Waals surface area contributed by atoms with Gasteiger partial charge in [0.15, 0.2) is 0 Å². The van der Waals surface area contributed by atoms with E-state index in [4.69, 9.17) is 16.3 Å². The molecule has 1 aliphatic heterocycles. The number of ketones is 1. The van der Waals surface area contributed by atoms with Crippen LogP contribution in [0, 0.1) is 0 Å². The van der Waals surface area contributed by atoms with Crippen molar-refractivity contribution >= 4 is 32.8 Å². The molecule has 3 rings (SSSR count). The fourth-order valence-corrected chi connectivity index (χ4v) is 5.71. The fraction of sp³-hybridized carbons (Fsp3) is 0.444. The van der Waals surface area contributed by atoms with E-state index in [9.17, 15) is 13.8 Å². The summed E-state index contributed by atoms with van der Waals surface area (Å²) in [5.74, 6) is 0.541. The van der Waals surface area contributed by atoms with E-state index >= 15 is 0 Å². The summed E-state index contributed by atoms with van der Waals surface area (Å²) in [6.07, 6.45) is 4.11. The van der Waals surface area contributed by atoms with Crippen molar-refractivity contribution in [1.82, 2.24) is 9.78 Å². The van der Waals surface area contributed by atoms with E-state index in [1.807, 2.05) is 0 Å². The molecule has 1 fully saturated rings. The summed E-state index contributed by atoms with van der Waals surface area (Å²) in [4.78, 5) is 24.9. The van der Waals surface area contributed by atoms with Gasteiger partial charge in [-0.1, -0.05) is 24.1 Å². The lowest BCUT2D eigenvalue weighted by Gasteiger charge is -2.17. The summed E-state index contributed by atoms with van der Waals surface area (Å²) in [6.45, 7) is 0.231. The van der Waals surface area contributed by atoms with Crippen LogP contribution in [0.2, 0.25) is 5.02 Å². The highest BCUT2D eigenvalue weighted by atomic mass is 35.5. The molecule has 2 heterocycles. The highest BCUT2D eigenvalue weighted by Crippen LogP contribution is 2.36. The zero-order valence-electron chi connectivity index (χ0n) is 15.3. The number of aromatic amines is 1. The molecule has 0 spiro atoms. The molecule has 0 amide bonds. The van der Waals surface area contributed by atoms with E-state index in [2.05, 4.69) is 9.46 Å². The monoisotopic (exact) mass is 411 g/mol. The van der Waals surface area contributed by atoms with Crippen LogP contribution >= 0.6 is 11.6 Å². The number of halogens is 1. The van der Waals surface area contributed by atoms with Crippen LogP contribution in [0.3, 0.4) is 0 Å². The molecule has 9 heteroatoms. The molecule has 2 aromatic rings. The molecule has 1 N–H and O–H groups in total. The molecule has 0 saturated carbocycles. The third kappa shape index (κ3) is 4.02. The average molecular weight is 412 g/mol. The van der Waals surface area contributed by atoms with E-state index < -0.39 is 21.1 Å². The van der Waals surface area contributed by atoms with Gasteiger partial charge < -0.3 is 9.84 Å². The maximum Gasteiger partial charge on any atom is 0.277 e. The van der Waals surface area contributed by atoms with Gasteiger partial charge >= 0.3 is 0 Å². The minimum absolute atomic E-state index is 0.00769. The van der Waals surface area contributed by atoms with Crippen LogP contribution in [0.25, 0.3) is 0 Å². The first-order valence-electron chi connectivity index (χ1n) is 8.68. The number of hydrogen-bond donors (Lipinski definition) is 1. The Labute approximate surface area is 162 Å². The van der Waals surface area contributed by atoms with Crippen LogP contribution in [0.4, 0.5) is 5.69 Å². The van der Waals surface area contributed by atoms with Crippen LogP contribution in [-0.2, 0) is 28.1 Å². The van der Waals surface area contributed by atoms with Gasteiger partial charge in [-0.25, -0.2) is 4.21 Å². The number of benzene rings is 1. The number of hydrogen-bond acceptors (Lipinski definition) is 5. The number of nitrogens with one attached hydrogen (secondary N) is 1. The lowest BCUT2D eigenvalue weighted by atomic mass is 10.0. The molecule has 0 radical (unpaired) electrons. The molecule has 7 nitrogen and oxygen atoms in total. The smallest absolute Gasteiger partial charge is 0.277 e. The van der Waals surface area contributed by atoms with E-state index in [-0.39, 0.29) is 22.8 Å². The van der Waals surface area contributed by atoms with Gasteiger partial charge in [0.25, 0.3) is 5.56 Å². The van der Waals surface area contributed by atoms with Crippen molar-refractivity contribution in [2.45, 2.75) is 25.9 Å². The number of rotatable bonds is 5. The van der Waals surface area contributed by atoms with Crippen molar-refractivity contribution in [1.29, 1.82) is 0 Å². The standard InChI is InChI=1S/C18H22ClN3O4S/c1-22-18(24)14(10-20-22)17(23)13-7-6-12(11-26-2)16(15(13)19)21-27(25)8-4-3-5-9-27/h6-7,10,20H,3-5,8-9,11H2,1-2H3. The second kappa shape index (κ2) is 8.00. The molecule has 0 unspecified atom stereocenters. The largest absolute Gasteiger partial charge is 0.380 e. The number of ether oxygens (including phenoxy) is 1. The third-order valence-corrected chi connectivity index (χ3v) is 7.36. The summed E-state index contributed by atoms with van der Waals surface area (Å²) in [7, 11) is 0.651. The van der Waals surface area contributed by atoms with Crippen molar-refractivity contribution in [3.63, 3.8) is 0 Å². The van der Waals surface area contributed by atoms with Crippen molar-refractivity contribution < 1.29 is 13.7 Å². The van der Waals surface area contributed by atoms with Crippen molar-refractivity contribution in [2.24, 2.45) is 11.4 Å². The first-order valence-corrected chi connectivity index (χ1v) is 10.9. The quantitative estimate of drug-likeness (QED) is 0.765. The minimum Gasteiger partial charge on any atom is -0.380 e. The Morgan fingerprint density at radius 2 is 2.00 bits per heavy atom. The number of carbonyl (C=O) groups is 1. The Hall–Kier alpha value is -1.90. The highest BCUT2D eigenvalue weighted by molar-refractivity contribution is 7.93. The molecule has 1 aromatic carbocycles. The van der Waals surface area contributed by atoms with Crippen LogP contribution in [-0.4, -0.2) is 38.4 Å². The van der Waals surface area contributed by atoms with Gasteiger partial charge in [0.1, 0.15) is 5.56 Å². The Morgan fingerprint density at radius 1 is 1.30 bits per heavy atom. The Balaban J connectivity index is 2.14. The third-order valence-electron chi connectivity index (χ3n) is 4.61. The molecule has 1 aromatic heterocycles. The maximum atomic E-state index is 13.1. The van der Waals surface area contributed by atoms with Gasteiger partial charge in [-0.05, 0) is 18.9 Å². The van der Waals surface area contributed by atoms with Gasteiger partial charge in [-0.3, -0.25) is 14.3 Å². The minimum atomic E-state index is -2.42. The van der Waals surface area contributed by atoms with E-state index in [0.29, 0.717) is 22.8 Å². The molecular weight excluding hydrogens is 390 g/mol.